The van der Waals surface area contributed by atoms with Gasteiger partial charge < -0.3 is 5.73 Å². The summed E-state index contributed by atoms with van der Waals surface area (Å²) >= 11 is 1.89. The van der Waals surface area contributed by atoms with Crippen molar-refractivity contribution in [2.75, 3.05) is 5.75 Å². The summed E-state index contributed by atoms with van der Waals surface area (Å²) < 4.78 is 0. The summed E-state index contributed by atoms with van der Waals surface area (Å²) in [6.07, 6.45) is 2.03. The van der Waals surface area contributed by atoms with Gasteiger partial charge in [0.2, 0.25) is 0 Å². The molecular formula is C12H21N3S. The Morgan fingerprint density at radius 1 is 1.44 bits per heavy atom. The molecule has 1 unspecified atom stereocenters. The minimum absolute atomic E-state index is 0.158. The maximum absolute atomic E-state index is 5.78. The van der Waals surface area contributed by atoms with Crippen molar-refractivity contribution in [3.8, 4) is 0 Å². The Balaban J connectivity index is 2.65. The molecule has 3 nitrogen and oxygen atoms in total. The summed E-state index contributed by atoms with van der Waals surface area (Å²) in [5, 5.41) is 0. The molecule has 0 amide bonds. The lowest BCUT2D eigenvalue weighted by atomic mass is 10.2. The third kappa shape index (κ3) is 4.94. The second-order valence-electron chi connectivity index (χ2n) is 4.15. The van der Waals surface area contributed by atoms with E-state index < -0.39 is 0 Å². The van der Waals surface area contributed by atoms with Crippen molar-refractivity contribution in [1.29, 1.82) is 0 Å². The standard InChI is InChI=1S/C12H21N3S/c1-4-5-16-8-12-14-10(3)7-11(15-12)6-9(2)13/h7,9H,4-6,8,13H2,1-3H3. The van der Waals surface area contributed by atoms with Crippen LogP contribution in [-0.2, 0) is 12.2 Å². The number of aromatic nitrogens is 2. The quantitative estimate of drug-likeness (QED) is 0.774. The van der Waals surface area contributed by atoms with E-state index in [1.54, 1.807) is 0 Å². The van der Waals surface area contributed by atoms with E-state index in [9.17, 15) is 0 Å². The molecule has 0 aliphatic heterocycles. The molecule has 1 aromatic rings. The van der Waals surface area contributed by atoms with E-state index in [1.165, 1.54) is 12.2 Å². The van der Waals surface area contributed by atoms with E-state index >= 15 is 0 Å². The molecule has 1 aromatic heterocycles. The van der Waals surface area contributed by atoms with Crippen LogP contribution < -0.4 is 5.73 Å². The molecule has 0 aliphatic carbocycles. The van der Waals surface area contributed by atoms with Crippen molar-refractivity contribution < 1.29 is 0 Å². The molecule has 1 heterocycles. The molecular weight excluding hydrogens is 218 g/mol. The van der Waals surface area contributed by atoms with Crippen LogP contribution in [0.15, 0.2) is 6.07 Å². The number of rotatable bonds is 6. The Bertz CT molecular complexity index is 326. The van der Waals surface area contributed by atoms with Crippen LogP contribution in [0.2, 0.25) is 0 Å². The molecule has 0 fully saturated rings. The maximum Gasteiger partial charge on any atom is 0.138 e. The predicted octanol–water partition coefficient (Wildman–Crippen LogP) is 2.32. The highest BCUT2D eigenvalue weighted by Gasteiger charge is 2.04. The van der Waals surface area contributed by atoms with Gasteiger partial charge in [-0.3, -0.25) is 0 Å². The van der Waals surface area contributed by atoms with E-state index in [0.29, 0.717) is 0 Å². The van der Waals surface area contributed by atoms with Crippen LogP contribution in [0.5, 0.6) is 0 Å². The average molecular weight is 239 g/mol. The largest absolute Gasteiger partial charge is 0.328 e. The molecule has 0 aromatic carbocycles. The van der Waals surface area contributed by atoms with Crippen LogP contribution in [0.3, 0.4) is 0 Å². The van der Waals surface area contributed by atoms with Gasteiger partial charge in [-0.05, 0) is 32.1 Å². The maximum atomic E-state index is 5.78. The first-order valence-electron chi connectivity index (χ1n) is 5.78. The molecule has 0 aliphatic rings. The number of hydrogen-bond acceptors (Lipinski definition) is 4. The Labute approximate surface area is 102 Å². The minimum Gasteiger partial charge on any atom is -0.328 e. The SMILES string of the molecule is CCCSCc1nc(C)cc(CC(C)N)n1. The van der Waals surface area contributed by atoms with Gasteiger partial charge in [0.1, 0.15) is 5.82 Å². The Morgan fingerprint density at radius 2 is 2.19 bits per heavy atom. The van der Waals surface area contributed by atoms with Crippen molar-refractivity contribution in [3.05, 3.63) is 23.3 Å². The van der Waals surface area contributed by atoms with E-state index in [-0.39, 0.29) is 6.04 Å². The summed E-state index contributed by atoms with van der Waals surface area (Å²) in [4.78, 5) is 8.97. The third-order valence-corrected chi connectivity index (χ3v) is 3.22. The van der Waals surface area contributed by atoms with Gasteiger partial charge in [0.15, 0.2) is 0 Å². The minimum atomic E-state index is 0.158. The fourth-order valence-electron chi connectivity index (χ4n) is 1.51. The predicted molar refractivity (Wildman–Crippen MR) is 70.6 cm³/mol. The average Bonchev–Trinajstić information content (AvgIpc) is 2.16. The zero-order valence-corrected chi connectivity index (χ0v) is 11.2. The van der Waals surface area contributed by atoms with Crippen LogP contribution in [0, 0.1) is 6.92 Å². The molecule has 1 atom stereocenters. The fourth-order valence-corrected chi connectivity index (χ4v) is 2.25. The van der Waals surface area contributed by atoms with E-state index in [2.05, 4.69) is 16.9 Å². The first-order valence-corrected chi connectivity index (χ1v) is 6.94. The summed E-state index contributed by atoms with van der Waals surface area (Å²) in [6, 6.07) is 2.18. The number of nitrogens with two attached hydrogens (primary N) is 1. The van der Waals surface area contributed by atoms with Gasteiger partial charge in [-0.15, -0.1) is 0 Å². The highest BCUT2D eigenvalue weighted by Crippen LogP contribution is 2.11. The lowest BCUT2D eigenvalue weighted by molar-refractivity contribution is 0.713. The Hall–Kier alpha value is -0.610. The normalized spacial score (nSPS) is 12.8. The van der Waals surface area contributed by atoms with Crippen molar-refractivity contribution in [3.63, 3.8) is 0 Å². The number of aryl methyl sites for hydroxylation is 1. The van der Waals surface area contributed by atoms with Crippen molar-refractivity contribution in [1.82, 2.24) is 9.97 Å². The summed E-state index contributed by atoms with van der Waals surface area (Å²) in [5.74, 6) is 3.01. The van der Waals surface area contributed by atoms with E-state index in [4.69, 9.17) is 5.73 Å². The van der Waals surface area contributed by atoms with Gasteiger partial charge in [-0.1, -0.05) is 6.92 Å². The van der Waals surface area contributed by atoms with Gasteiger partial charge in [-0.2, -0.15) is 11.8 Å². The zero-order chi connectivity index (χ0) is 12.0. The molecule has 0 radical (unpaired) electrons. The summed E-state index contributed by atoms with van der Waals surface area (Å²) in [6.45, 7) is 6.20. The van der Waals surface area contributed by atoms with Crippen LogP contribution in [0.4, 0.5) is 0 Å². The smallest absolute Gasteiger partial charge is 0.138 e. The second-order valence-corrected chi connectivity index (χ2v) is 5.26. The van der Waals surface area contributed by atoms with Gasteiger partial charge in [0.25, 0.3) is 0 Å². The van der Waals surface area contributed by atoms with Crippen LogP contribution in [-0.4, -0.2) is 21.8 Å². The lowest BCUT2D eigenvalue weighted by Gasteiger charge is -2.07. The summed E-state index contributed by atoms with van der Waals surface area (Å²) in [5.41, 5.74) is 7.88. The molecule has 0 saturated carbocycles. The highest BCUT2D eigenvalue weighted by molar-refractivity contribution is 7.98. The van der Waals surface area contributed by atoms with Crippen LogP contribution in [0.1, 0.15) is 37.5 Å². The molecule has 0 bridgehead atoms. The molecule has 90 valence electrons. The molecule has 2 N–H and O–H groups in total. The molecule has 1 rings (SSSR count). The first-order chi connectivity index (χ1) is 7.61. The highest BCUT2D eigenvalue weighted by atomic mass is 32.2. The van der Waals surface area contributed by atoms with Crippen molar-refractivity contribution in [2.24, 2.45) is 5.73 Å². The third-order valence-electron chi connectivity index (χ3n) is 2.06. The molecule has 16 heavy (non-hydrogen) atoms. The van der Waals surface area contributed by atoms with Crippen molar-refractivity contribution >= 4 is 11.8 Å². The van der Waals surface area contributed by atoms with Crippen LogP contribution in [0.25, 0.3) is 0 Å². The molecule has 0 spiro atoms. The topological polar surface area (TPSA) is 51.8 Å². The fraction of sp³-hybridized carbons (Fsp3) is 0.667. The Kier molecular flexibility index (Phi) is 5.77. The van der Waals surface area contributed by atoms with Gasteiger partial charge >= 0.3 is 0 Å². The van der Waals surface area contributed by atoms with Gasteiger partial charge in [0.05, 0.1) is 5.75 Å². The number of nitrogens with zero attached hydrogens (tertiary/aromatic N) is 2. The number of thioether (sulfide) groups is 1. The molecule has 0 saturated heterocycles. The van der Waals surface area contributed by atoms with Crippen LogP contribution >= 0.6 is 11.8 Å². The first kappa shape index (κ1) is 13.5. The van der Waals surface area contributed by atoms with Crippen molar-refractivity contribution in [2.45, 2.75) is 45.4 Å². The van der Waals surface area contributed by atoms with E-state index in [0.717, 1.165) is 29.4 Å². The number of hydrogen-bond donors (Lipinski definition) is 1. The molecule has 4 heteroatoms. The summed E-state index contributed by atoms with van der Waals surface area (Å²) in [7, 11) is 0. The zero-order valence-electron chi connectivity index (χ0n) is 10.4. The van der Waals surface area contributed by atoms with Gasteiger partial charge in [-0.25, -0.2) is 9.97 Å². The lowest BCUT2D eigenvalue weighted by Crippen LogP contribution is -2.19. The van der Waals surface area contributed by atoms with E-state index in [1.807, 2.05) is 31.7 Å². The second kappa shape index (κ2) is 6.86. The van der Waals surface area contributed by atoms with Gasteiger partial charge in [0, 0.05) is 23.9 Å². The Morgan fingerprint density at radius 3 is 2.81 bits per heavy atom. The monoisotopic (exact) mass is 239 g/mol.